The second kappa shape index (κ2) is 10.9. The largest absolute Gasteiger partial charge is 0.463 e. The highest BCUT2D eigenvalue weighted by atomic mass is 32.1. The number of hydrogen-bond donors (Lipinski definition) is 1. The summed E-state index contributed by atoms with van der Waals surface area (Å²) in [6.45, 7) is 6.10. The van der Waals surface area contributed by atoms with Gasteiger partial charge in [-0.3, -0.25) is 19.2 Å². The Hall–Kier alpha value is -3.45. The zero-order chi connectivity index (χ0) is 25.9. The maximum absolute atomic E-state index is 12.0. The minimum absolute atomic E-state index is 0.300. The number of benzene rings is 1. The molecule has 0 aliphatic carbocycles. The average molecular weight is 512 g/mol. The van der Waals surface area contributed by atoms with Gasteiger partial charge in [0.1, 0.15) is 30.1 Å². The van der Waals surface area contributed by atoms with Gasteiger partial charge in [0.05, 0.1) is 4.70 Å². The van der Waals surface area contributed by atoms with Gasteiger partial charge in [-0.05, 0) is 19.1 Å². The summed E-state index contributed by atoms with van der Waals surface area (Å²) in [7, 11) is 0. The van der Waals surface area contributed by atoms with Crippen LogP contribution in [0.1, 0.15) is 33.3 Å². The van der Waals surface area contributed by atoms with Crippen LogP contribution in [0.15, 0.2) is 21.3 Å². The van der Waals surface area contributed by atoms with Crippen LogP contribution in [0.5, 0.6) is 5.75 Å². The normalized spacial score (nSPS) is 23.9. The van der Waals surface area contributed by atoms with Crippen LogP contribution in [0.25, 0.3) is 10.3 Å². The number of fused-ring (bicyclic) bond motifs is 1. The predicted molar refractivity (Wildman–Crippen MR) is 120 cm³/mol. The predicted octanol–water partition coefficient (Wildman–Crippen LogP) is 1.20. The van der Waals surface area contributed by atoms with Gasteiger partial charge in [-0.2, -0.15) is 0 Å². The fourth-order valence-electron chi connectivity index (χ4n) is 3.69. The molecule has 13 heteroatoms. The van der Waals surface area contributed by atoms with E-state index in [2.05, 4.69) is 5.32 Å². The second-order valence-corrected chi connectivity index (χ2v) is 8.75. The number of hydrogen-bond acceptors (Lipinski definition) is 12. The second-order valence-electron chi connectivity index (χ2n) is 7.81. The van der Waals surface area contributed by atoms with Gasteiger partial charge in [0, 0.05) is 33.3 Å². The summed E-state index contributed by atoms with van der Waals surface area (Å²) in [6, 6.07) is 1.99. The third-order valence-corrected chi connectivity index (χ3v) is 5.97. The molecule has 1 N–H and O–H groups in total. The molecule has 190 valence electrons. The SMILES string of the molecule is CC(=O)N[C@H]1[C@H](Oc2ccc3oc(=O)sc3c2C)O[C@@H](COC(C)=O)[C@@H](OC(C)=O)[C@H]1OC(C)=O. The van der Waals surface area contributed by atoms with E-state index in [1.165, 1.54) is 13.8 Å². The molecule has 0 bridgehead atoms. The van der Waals surface area contributed by atoms with Gasteiger partial charge in [0.2, 0.25) is 12.2 Å². The van der Waals surface area contributed by atoms with Gasteiger partial charge in [-0.25, -0.2) is 4.79 Å². The maximum atomic E-state index is 12.0. The molecule has 12 nitrogen and oxygen atoms in total. The smallest absolute Gasteiger partial charge is 0.396 e. The molecule has 0 saturated carbocycles. The van der Waals surface area contributed by atoms with Crippen molar-refractivity contribution >= 4 is 45.4 Å². The van der Waals surface area contributed by atoms with Crippen LogP contribution in [-0.4, -0.2) is 61.1 Å². The van der Waals surface area contributed by atoms with Gasteiger partial charge in [-0.1, -0.05) is 11.3 Å². The highest BCUT2D eigenvalue weighted by Gasteiger charge is 2.52. The first-order chi connectivity index (χ1) is 16.5. The molecule has 1 fully saturated rings. The number of nitrogens with one attached hydrogen (secondary N) is 1. The number of carbonyl (C=O) groups excluding carboxylic acids is 4. The molecule has 35 heavy (non-hydrogen) atoms. The quantitative estimate of drug-likeness (QED) is 0.421. The fraction of sp³-hybridized carbons (Fsp3) is 0.500. The Bertz CT molecular complexity index is 1190. The van der Waals surface area contributed by atoms with Gasteiger partial charge in [-0.15, -0.1) is 0 Å². The minimum Gasteiger partial charge on any atom is -0.463 e. The Labute approximate surface area is 203 Å². The van der Waals surface area contributed by atoms with Crippen LogP contribution >= 0.6 is 11.3 Å². The molecule has 1 aliphatic rings. The summed E-state index contributed by atoms with van der Waals surface area (Å²) in [5.74, 6) is -2.23. The zero-order valence-corrected chi connectivity index (χ0v) is 20.5. The van der Waals surface area contributed by atoms with Crippen LogP contribution in [0.2, 0.25) is 0 Å². The number of aryl methyl sites for hydroxylation is 1. The van der Waals surface area contributed by atoms with Crippen LogP contribution in [-0.2, 0) is 38.1 Å². The van der Waals surface area contributed by atoms with Crippen molar-refractivity contribution in [3.63, 3.8) is 0 Å². The fourth-order valence-corrected chi connectivity index (χ4v) is 4.46. The topological polar surface area (TPSA) is 157 Å². The van der Waals surface area contributed by atoms with Gasteiger partial charge in [0.25, 0.3) is 0 Å². The average Bonchev–Trinajstić information content (AvgIpc) is 3.13. The highest BCUT2D eigenvalue weighted by Crippen LogP contribution is 2.33. The van der Waals surface area contributed by atoms with Crippen molar-refractivity contribution in [1.82, 2.24) is 5.32 Å². The Kier molecular flexibility index (Phi) is 8.12. The molecule has 1 aliphatic heterocycles. The standard InChI is InChI=1S/C22H25NO11S/c1-9-14(6-7-15-20(9)35-22(28)34-15)32-21-17(23-10(2)24)19(31-13(5)27)18(30-12(4)26)16(33-21)8-29-11(3)25/h6-7,16-19,21H,8H2,1-5H3,(H,23,24)/t16-,17+,18+,19-,21+/m0/s1. The Morgan fingerprint density at radius 3 is 2.26 bits per heavy atom. The molecular weight excluding hydrogens is 486 g/mol. The Balaban J connectivity index is 2.03. The van der Waals surface area contributed by atoms with Gasteiger partial charge < -0.3 is 33.4 Å². The lowest BCUT2D eigenvalue weighted by atomic mass is 9.96. The van der Waals surface area contributed by atoms with Crippen molar-refractivity contribution in [3.8, 4) is 5.75 Å². The van der Waals surface area contributed by atoms with Crippen molar-refractivity contribution in [3.05, 3.63) is 27.4 Å². The molecule has 0 spiro atoms. The van der Waals surface area contributed by atoms with Crippen molar-refractivity contribution in [2.24, 2.45) is 0 Å². The maximum Gasteiger partial charge on any atom is 0.396 e. The van der Waals surface area contributed by atoms with E-state index >= 15 is 0 Å². The summed E-state index contributed by atoms with van der Waals surface area (Å²) < 4.78 is 33.6. The lowest BCUT2D eigenvalue weighted by Gasteiger charge is -2.44. The first kappa shape index (κ1) is 26.2. The van der Waals surface area contributed by atoms with Gasteiger partial charge >= 0.3 is 22.8 Å². The monoisotopic (exact) mass is 511 g/mol. The van der Waals surface area contributed by atoms with Crippen LogP contribution < -0.4 is 15.0 Å². The van der Waals surface area contributed by atoms with Crippen molar-refractivity contribution in [1.29, 1.82) is 0 Å². The first-order valence-corrected chi connectivity index (χ1v) is 11.4. The third-order valence-electron chi connectivity index (χ3n) is 5.01. The molecule has 1 aromatic carbocycles. The molecular formula is C22H25NO11S. The third kappa shape index (κ3) is 6.36. The lowest BCUT2D eigenvalue weighted by Crippen LogP contribution is -2.67. The minimum atomic E-state index is -1.27. The lowest BCUT2D eigenvalue weighted by molar-refractivity contribution is -0.257. The van der Waals surface area contributed by atoms with Crippen LogP contribution in [0, 0.1) is 6.92 Å². The number of ether oxygens (including phenoxy) is 5. The Morgan fingerprint density at radius 2 is 1.66 bits per heavy atom. The summed E-state index contributed by atoms with van der Waals surface area (Å²) >= 11 is 0.897. The van der Waals surface area contributed by atoms with E-state index in [9.17, 15) is 24.0 Å². The number of esters is 3. The molecule has 2 heterocycles. The summed E-state index contributed by atoms with van der Waals surface area (Å²) in [4.78, 5) is 58.4. The van der Waals surface area contributed by atoms with E-state index in [0.29, 0.717) is 21.6 Å². The molecule has 1 saturated heterocycles. The Morgan fingerprint density at radius 1 is 1.00 bits per heavy atom. The summed E-state index contributed by atoms with van der Waals surface area (Å²) in [5.41, 5.74) is 0.958. The molecule has 1 amide bonds. The highest BCUT2D eigenvalue weighted by molar-refractivity contribution is 7.16. The molecule has 5 atom stereocenters. The van der Waals surface area contributed by atoms with E-state index in [1.807, 2.05) is 0 Å². The number of amides is 1. The van der Waals surface area contributed by atoms with E-state index < -0.39 is 59.4 Å². The zero-order valence-electron chi connectivity index (χ0n) is 19.6. The van der Waals surface area contributed by atoms with Crippen molar-refractivity contribution in [2.75, 3.05) is 6.61 Å². The molecule has 0 unspecified atom stereocenters. The number of carbonyl (C=O) groups is 4. The molecule has 1 aromatic heterocycles. The van der Waals surface area contributed by atoms with Crippen LogP contribution in [0.3, 0.4) is 0 Å². The first-order valence-electron chi connectivity index (χ1n) is 10.6. The summed E-state index contributed by atoms with van der Waals surface area (Å²) in [5, 5.41) is 2.63. The van der Waals surface area contributed by atoms with E-state index in [4.69, 9.17) is 28.1 Å². The molecule has 2 aromatic rings. The van der Waals surface area contributed by atoms with E-state index in [-0.39, 0.29) is 6.61 Å². The van der Waals surface area contributed by atoms with E-state index in [1.54, 1.807) is 19.1 Å². The van der Waals surface area contributed by atoms with Crippen molar-refractivity contribution < 1.29 is 47.3 Å². The van der Waals surface area contributed by atoms with Crippen molar-refractivity contribution in [2.45, 2.75) is 65.3 Å². The summed E-state index contributed by atoms with van der Waals surface area (Å²) in [6.07, 6.45) is -4.84. The van der Waals surface area contributed by atoms with Gasteiger partial charge in [0.15, 0.2) is 12.2 Å². The number of rotatable bonds is 7. The van der Waals surface area contributed by atoms with Crippen LogP contribution in [0.4, 0.5) is 0 Å². The van der Waals surface area contributed by atoms with E-state index in [0.717, 1.165) is 25.2 Å². The molecule has 3 rings (SSSR count). The molecule has 0 radical (unpaired) electrons.